The highest BCUT2D eigenvalue weighted by Gasteiger charge is 2.27. The van der Waals surface area contributed by atoms with E-state index >= 15 is 0 Å². The van der Waals surface area contributed by atoms with Crippen molar-refractivity contribution in [3.8, 4) is 5.75 Å². The summed E-state index contributed by atoms with van der Waals surface area (Å²) in [5.41, 5.74) is 1.87. The maximum absolute atomic E-state index is 13.1. The second kappa shape index (κ2) is 8.46. The zero-order chi connectivity index (χ0) is 19.3. The van der Waals surface area contributed by atoms with Crippen molar-refractivity contribution < 1.29 is 9.53 Å². The number of aromatic nitrogens is 2. The molecule has 5 nitrogen and oxygen atoms in total. The van der Waals surface area contributed by atoms with Crippen LogP contribution in [-0.2, 0) is 17.9 Å². The predicted molar refractivity (Wildman–Crippen MR) is 110 cm³/mol. The molecule has 0 atom stereocenters. The molecule has 0 saturated heterocycles. The van der Waals surface area contributed by atoms with E-state index in [1.165, 1.54) is 12.8 Å². The topological polar surface area (TPSA) is 47.4 Å². The van der Waals surface area contributed by atoms with Gasteiger partial charge in [0.05, 0.1) is 11.0 Å². The van der Waals surface area contributed by atoms with Crippen LogP contribution in [-0.4, -0.2) is 33.4 Å². The number of carbonyl (C=O) groups is 1. The van der Waals surface area contributed by atoms with Gasteiger partial charge in [-0.2, -0.15) is 0 Å². The summed E-state index contributed by atoms with van der Waals surface area (Å²) >= 11 is 0. The number of rotatable bonds is 9. The molecule has 0 radical (unpaired) electrons. The van der Waals surface area contributed by atoms with Crippen LogP contribution >= 0.6 is 0 Å². The lowest BCUT2D eigenvalue weighted by molar-refractivity contribution is -0.132. The molecule has 5 heteroatoms. The third-order valence-corrected chi connectivity index (χ3v) is 5.16. The van der Waals surface area contributed by atoms with E-state index in [1.54, 1.807) is 0 Å². The van der Waals surface area contributed by atoms with Crippen molar-refractivity contribution in [2.75, 3.05) is 13.1 Å². The Kier molecular flexibility index (Phi) is 5.60. The van der Waals surface area contributed by atoms with Gasteiger partial charge in [0, 0.05) is 13.1 Å². The van der Waals surface area contributed by atoms with Gasteiger partial charge in [-0.15, -0.1) is 0 Å². The fraction of sp³-hybridized carbons (Fsp3) is 0.391. The molecule has 0 bridgehead atoms. The molecule has 0 unspecified atom stereocenters. The molecule has 0 spiro atoms. The van der Waals surface area contributed by atoms with Crippen molar-refractivity contribution >= 4 is 16.9 Å². The molecule has 3 aromatic rings. The van der Waals surface area contributed by atoms with Crippen LogP contribution in [0.5, 0.6) is 5.75 Å². The molecule has 1 fully saturated rings. The van der Waals surface area contributed by atoms with Gasteiger partial charge in [-0.25, -0.2) is 4.98 Å². The van der Waals surface area contributed by atoms with Crippen LogP contribution in [0.25, 0.3) is 11.0 Å². The van der Waals surface area contributed by atoms with E-state index in [2.05, 4.69) is 6.92 Å². The minimum absolute atomic E-state index is 0.165. The quantitative estimate of drug-likeness (QED) is 0.560. The van der Waals surface area contributed by atoms with Gasteiger partial charge in [-0.3, -0.25) is 4.79 Å². The largest absolute Gasteiger partial charge is 0.486 e. The number of imidazole rings is 1. The summed E-state index contributed by atoms with van der Waals surface area (Å²) in [6.07, 6.45) is 3.47. The number of ether oxygens (including phenoxy) is 1. The molecule has 1 aromatic heterocycles. The van der Waals surface area contributed by atoms with Crippen molar-refractivity contribution in [1.82, 2.24) is 14.5 Å². The van der Waals surface area contributed by atoms with Crippen molar-refractivity contribution in [1.29, 1.82) is 0 Å². The van der Waals surface area contributed by atoms with Crippen LogP contribution in [0.4, 0.5) is 0 Å². The molecule has 1 heterocycles. The van der Waals surface area contributed by atoms with Gasteiger partial charge >= 0.3 is 0 Å². The lowest BCUT2D eigenvalue weighted by atomic mass is 10.3. The number of para-hydroxylation sites is 3. The van der Waals surface area contributed by atoms with Crippen LogP contribution in [0.2, 0.25) is 0 Å². The monoisotopic (exact) mass is 377 g/mol. The number of nitrogens with zero attached hydrogens (tertiary/aromatic N) is 3. The lowest BCUT2D eigenvalue weighted by Gasteiger charge is -2.23. The van der Waals surface area contributed by atoms with E-state index in [0.717, 1.165) is 42.1 Å². The normalized spacial score (nSPS) is 13.6. The third-order valence-electron chi connectivity index (χ3n) is 5.16. The summed E-state index contributed by atoms with van der Waals surface area (Å²) < 4.78 is 7.93. The summed E-state index contributed by atoms with van der Waals surface area (Å²) in [5, 5.41) is 0. The first kappa shape index (κ1) is 18.5. The minimum atomic E-state index is 0.165. The molecule has 1 amide bonds. The SMILES string of the molecule is CCCN(CC1CC1)C(=O)Cn1c(COc2ccccc2)nc2ccccc21. The maximum Gasteiger partial charge on any atom is 0.242 e. The molecule has 1 aliphatic carbocycles. The Balaban J connectivity index is 1.56. The van der Waals surface area contributed by atoms with Crippen LogP contribution in [0.15, 0.2) is 54.6 Å². The second-order valence-electron chi connectivity index (χ2n) is 7.49. The Morgan fingerprint density at radius 1 is 1.14 bits per heavy atom. The smallest absolute Gasteiger partial charge is 0.242 e. The molecular weight excluding hydrogens is 350 g/mol. The maximum atomic E-state index is 13.1. The number of hydrogen-bond donors (Lipinski definition) is 0. The number of hydrogen-bond acceptors (Lipinski definition) is 3. The first-order chi connectivity index (χ1) is 13.7. The summed E-state index contributed by atoms with van der Waals surface area (Å²) in [5.74, 6) is 2.43. The molecule has 0 N–H and O–H groups in total. The standard InChI is InChI=1S/C23H27N3O2/c1-2-14-25(15-18-12-13-18)23(27)16-26-21-11-7-6-10-20(21)24-22(26)17-28-19-8-4-3-5-9-19/h3-11,18H,2,12-17H2,1H3. The van der Waals surface area contributed by atoms with Gasteiger partial charge in [0.2, 0.25) is 5.91 Å². The Hall–Kier alpha value is -2.82. The third kappa shape index (κ3) is 4.35. The molecule has 1 aliphatic rings. The van der Waals surface area contributed by atoms with E-state index in [4.69, 9.17) is 9.72 Å². The number of fused-ring (bicyclic) bond motifs is 1. The van der Waals surface area contributed by atoms with E-state index in [-0.39, 0.29) is 5.91 Å². The average molecular weight is 377 g/mol. The summed E-state index contributed by atoms with van der Waals surface area (Å²) in [7, 11) is 0. The Morgan fingerprint density at radius 2 is 1.89 bits per heavy atom. The first-order valence-corrected chi connectivity index (χ1v) is 10.1. The van der Waals surface area contributed by atoms with Crippen molar-refractivity contribution in [2.45, 2.75) is 39.3 Å². The highest BCUT2D eigenvalue weighted by atomic mass is 16.5. The van der Waals surface area contributed by atoms with Gasteiger partial charge in [0.25, 0.3) is 0 Å². The number of carbonyl (C=O) groups excluding carboxylic acids is 1. The van der Waals surface area contributed by atoms with Gasteiger partial charge in [-0.1, -0.05) is 37.3 Å². The highest BCUT2D eigenvalue weighted by Crippen LogP contribution is 2.30. The summed E-state index contributed by atoms with van der Waals surface area (Å²) in [4.78, 5) is 19.8. The van der Waals surface area contributed by atoms with E-state index < -0.39 is 0 Å². The van der Waals surface area contributed by atoms with E-state index in [0.29, 0.717) is 19.1 Å². The van der Waals surface area contributed by atoms with Crippen molar-refractivity contribution in [3.63, 3.8) is 0 Å². The number of benzene rings is 2. The molecule has 2 aromatic carbocycles. The molecular formula is C23H27N3O2. The zero-order valence-corrected chi connectivity index (χ0v) is 16.4. The van der Waals surface area contributed by atoms with E-state index in [1.807, 2.05) is 64.1 Å². The van der Waals surface area contributed by atoms with Crippen LogP contribution in [0, 0.1) is 5.92 Å². The Labute approximate surface area is 165 Å². The van der Waals surface area contributed by atoms with Gasteiger partial charge in [0.15, 0.2) is 0 Å². The predicted octanol–water partition coefficient (Wildman–Crippen LogP) is 4.26. The molecule has 28 heavy (non-hydrogen) atoms. The summed E-state index contributed by atoms with van der Waals surface area (Å²) in [6, 6.07) is 17.7. The van der Waals surface area contributed by atoms with Gasteiger partial charge in [-0.05, 0) is 49.4 Å². The van der Waals surface area contributed by atoms with Gasteiger partial charge in [0.1, 0.15) is 24.7 Å². The van der Waals surface area contributed by atoms with Crippen molar-refractivity contribution in [2.24, 2.45) is 5.92 Å². The van der Waals surface area contributed by atoms with Gasteiger partial charge < -0.3 is 14.2 Å². The lowest BCUT2D eigenvalue weighted by Crippen LogP contribution is -2.36. The molecule has 146 valence electrons. The average Bonchev–Trinajstić information content (AvgIpc) is 3.48. The Bertz CT molecular complexity index is 931. The molecule has 1 saturated carbocycles. The fourth-order valence-electron chi connectivity index (χ4n) is 3.51. The van der Waals surface area contributed by atoms with Crippen LogP contribution in [0.3, 0.4) is 0 Å². The fourth-order valence-corrected chi connectivity index (χ4v) is 3.51. The highest BCUT2D eigenvalue weighted by molar-refractivity contribution is 5.81. The summed E-state index contributed by atoms with van der Waals surface area (Å²) in [6.45, 7) is 4.47. The molecule has 4 rings (SSSR count). The van der Waals surface area contributed by atoms with Crippen LogP contribution < -0.4 is 4.74 Å². The van der Waals surface area contributed by atoms with Crippen molar-refractivity contribution in [3.05, 3.63) is 60.4 Å². The first-order valence-electron chi connectivity index (χ1n) is 10.1. The van der Waals surface area contributed by atoms with E-state index in [9.17, 15) is 4.79 Å². The Morgan fingerprint density at radius 3 is 2.64 bits per heavy atom. The van der Waals surface area contributed by atoms with Crippen LogP contribution in [0.1, 0.15) is 32.0 Å². The second-order valence-corrected chi connectivity index (χ2v) is 7.49. The molecule has 0 aliphatic heterocycles. The zero-order valence-electron chi connectivity index (χ0n) is 16.4. The number of amides is 1. The minimum Gasteiger partial charge on any atom is -0.486 e.